The van der Waals surface area contributed by atoms with Crippen molar-refractivity contribution in [2.75, 3.05) is 13.7 Å². The molecule has 0 fully saturated rings. The second kappa shape index (κ2) is 5.19. The molecule has 4 heteroatoms. The van der Waals surface area contributed by atoms with E-state index >= 15 is 0 Å². The number of aryl methyl sites for hydroxylation is 2. The summed E-state index contributed by atoms with van der Waals surface area (Å²) < 4.78 is 9.94. The van der Waals surface area contributed by atoms with Crippen LogP contribution in [0.2, 0.25) is 0 Å². The molecule has 0 aromatic heterocycles. The van der Waals surface area contributed by atoms with E-state index in [1.165, 1.54) is 14.0 Å². The second-order valence-electron chi connectivity index (χ2n) is 4.32. The molecule has 0 saturated carbocycles. The fourth-order valence-electron chi connectivity index (χ4n) is 1.36. The van der Waals surface area contributed by atoms with Gasteiger partial charge in [-0.1, -0.05) is 12.1 Å². The summed E-state index contributed by atoms with van der Waals surface area (Å²) in [6.45, 7) is 5.08. The number of rotatable bonds is 4. The normalized spacial score (nSPS) is 13.9. The fraction of sp³-hybridized carbons (Fsp3) is 0.462. The topological polar surface area (TPSA) is 55.8 Å². The summed E-state index contributed by atoms with van der Waals surface area (Å²) in [5, 5.41) is 9.80. The van der Waals surface area contributed by atoms with Crippen LogP contribution in [0.3, 0.4) is 0 Å². The van der Waals surface area contributed by atoms with E-state index in [1.807, 2.05) is 32.0 Å². The Bertz CT molecular complexity index is 410. The minimum atomic E-state index is -1.63. The van der Waals surface area contributed by atoms with Crippen molar-refractivity contribution in [2.45, 2.75) is 26.4 Å². The smallest absolute Gasteiger partial charge is 0.341 e. The highest BCUT2D eigenvalue weighted by Gasteiger charge is 2.32. The molecular weight excluding hydrogens is 220 g/mol. The number of methoxy groups -OCH3 is 1. The van der Waals surface area contributed by atoms with Gasteiger partial charge in [-0.2, -0.15) is 0 Å². The zero-order chi connectivity index (χ0) is 13.1. The average Bonchev–Trinajstić information content (AvgIpc) is 2.29. The molecule has 0 bridgehead atoms. The van der Waals surface area contributed by atoms with Crippen LogP contribution in [-0.4, -0.2) is 30.4 Å². The van der Waals surface area contributed by atoms with Crippen molar-refractivity contribution in [3.8, 4) is 5.75 Å². The molecule has 0 saturated heterocycles. The summed E-state index contributed by atoms with van der Waals surface area (Å²) in [6.07, 6.45) is 0. The van der Waals surface area contributed by atoms with E-state index in [4.69, 9.17) is 4.74 Å². The fourth-order valence-corrected chi connectivity index (χ4v) is 1.36. The lowest BCUT2D eigenvalue weighted by atomic mass is 10.1. The van der Waals surface area contributed by atoms with Crippen molar-refractivity contribution in [3.63, 3.8) is 0 Å². The van der Waals surface area contributed by atoms with Crippen LogP contribution in [-0.2, 0) is 9.53 Å². The van der Waals surface area contributed by atoms with Crippen LogP contribution < -0.4 is 4.74 Å². The average molecular weight is 238 g/mol. The number of esters is 1. The number of hydrogen-bond acceptors (Lipinski definition) is 4. The van der Waals surface area contributed by atoms with Crippen molar-refractivity contribution in [2.24, 2.45) is 0 Å². The maximum atomic E-state index is 11.3. The monoisotopic (exact) mass is 238 g/mol. The molecule has 1 N–H and O–H groups in total. The van der Waals surface area contributed by atoms with Gasteiger partial charge in [-0.25, -0.2) is 4.79 Å². The van der Waals surface area contributed by atoms with E-state index in [2.05, 4.69) is 4.74 Å². The molecule has 1 aromatic rings. The summed E-state index contributed by atoms with van der Waals surface area (Å²) in [5.41, 5.74) is 0.380. The van der Waals surface area contributed by atoms with E-state index in [0.717, 1.165) is 11.1 Å². The highest BCUT2D eigenvalue weighted by atomic mass is 16.6. The van der Waals surface area contributed by atoms with Crippen molar-refractivity contribution < 1.29 is 19.4 Å². The molecule has 0 radical (unpaired) electrons. The van der Waals surface area contributed by atoms with Crippen molar-refractivity contribution in [1.82, 2.24) is 0 Å². The first-order valence-electron chi connectivity index (χ1n) is 5.37. The first-order valence-corrected chi connectivity index (χ1v) is 5.37. The van der Waals surface area contributed by atoms with Gasteiger partial charge in [0.1, 0.15) is 12.4 Å². The number of carbonyl (C=O) groups is 1. The molecule has 0 heterocycles. The zero-order valence-electron chi connectivity index (χ0n) is 10.6. The largest absolute Gasteiger partial charge is 0.490 e. The number of aliphatic hydroxyl groups is 1. The van der Waals surface area contributed by atoms with Gasteiger partial charge in [-0.3, -0.25) is 0 Å². The van der Waals surface area contributed by atoms with Crippen LogP contribution in [0.25, 0.3) is 0 Å². The van der Waals surface area contributed by atoms with Gasteiger partial charge in [-0.05, 0) is 38.0 Å². The lowest BCUT2D eigenvalue weighted by Crippen LogP contribution is -2.42. The highest BCUT2D eigenvalue weighted by Crippen LogP contribution is 2.20. The van der Waals surface area contributed by atoms with Crippen LogP contribution in [0.4, 0.5) is 0 Å². The van der Waals surface area contributed by atoms with Crippen LogP contribution in [0, 0.1) is 13.8 Å². The molecule has 1 aromatic carbocycles. The van der Waals surface area contributed by atoms with E-state index < -0.39 is 11.6 Å². The van der Waals surface area contributed by atoms with Crippen LogP contribution in [0.15, 0.2) is 18.2 Å². The molecule has 0 spiro atoms. The Morgan fingerprint density at radius 1 is 1.41 bits per heavy atom. The highest BCUT2D eigenvalue weighted by molar-refractivity contribution is 5.78. The van der Waals surface area contributed by atoms with E-state index in [-0.39, 0.29) is 6.61 Å². The Morgan fingerprint density at radius 2 is 2.06 bits per heavy atom. The Kier molecular flexibility index (Phi) is 4.12. The Balaban J connectivity index is 2.73. The maximum Gasteiger partial charge on any atom is 0.341 e. The Morgan fingerprint density at radius 3 is 2.65 bits per heavy atom. The van der Waals surface area contributed by atoms with Gasteiger partial charge in [0.15, 0.2) is 5.60 Å². The van der Waals surface area contributed by atoms with Gasteiger partial charge in [0.05, 0.1) is 7.11 Å². The van der Waals surface area contributed by atoms with Gasteiger partial charge >= 0.3 is 5.97 Å². The first kappa shape index (κ1) is 13.5. The van der Waals surface area contributed by atoms with Crippen LogP contribution >= 0.6 is 0 Å². The van der Waals surface area contributed by atoms with Crippen molar-refractivity contribution in [1.29, 1.82) is 0 Å². The minimum Gasteiger partial charge on any atom is -0.490 e. The molecule has 4 nitrogen and oxygen atoms in total. The molecule has 94 valence electrons. The standard InChI is InChI=1S/C13H18O4/c1-9-5-6-10(2)11(7-9)17-8-13(3,15)12(14)16-4/h5-7,15H,8H2,1-4H3. The van der Waals surface area contributed by atoms with Gasteiger partial charge in [0.2, 0.25) is 0 Å². The summed E-state index contributed by atoms with van der Waals surface area (Å²) in [5.74, 6) is -0.0445. The molecule has 0 aliphatic carbocycles. The quantitative estimate of drug-likeness (QED) is 0.810. The molecule has 17 heavy (non-hydrogen) atoms. The second-order valence-corrected chi connectivity index (χ2v) is 4.32. The summed E-state index contributed by atoms with van der Waals surface area (Å²) in [4.78, 5) is 11.3. The van der Waals surface area contributed by atoms with E-state index in [9.17, 15) is 9.90 Å². The SMILES string of the molecule is COC(=O)C(C)(O)COc1cc(C)ccc1C. The first-order chi connectivity index (χ1) is 7.86. The number of hydrogen-bond donors (Lipinski definition) is 1. The zero-order valence-corrected chi connectivity index (χ0v) is 10.6. The summed E-state index contributed by atoms with van der Waals surface area (Å²) >= 11 is 0. The molecule has 0 aliphatic rings. The van der Waals surface area contributed by atoms with Crippen molar-refractivity contribution >= 4 is 5.97 Å². The molecule has 1 unspecified atom stereocenters. The molecule has 0 amide bonds. The molecule has 0 aliphatic heterocycles. The van der Waals surface area contributed by atoms with Crippen molar-refractivity contribution in [3.05, 3.63) is 29.3 Å². The predicted octanol–water partition coefficient (Wildman–Crippen LogP) is 1.61. The van der Waals surface area contributed by atoms with Crippen LogP contribution in [0.5, 0.6) is 5.75 Å². The number of benzene rings is 1. The minimum absolute atomic E-state index is 0.135. The van der Waals surface area contributed by atoms with Gasteiger partial charge in [0, 0.05) is 0 Å². The molecule has 1 rings (SSSR count). The molecule has 1 atom stereocenters. The Labute approximate surface area is 101 Å². The summed E-state index contributed by atoms with van der Waals surface area (Å²) in [6, 6.07) is 5.76. The van der Waals surface area contributed by atoms with Gasteiger partial charge in [0.25, 0.3) is 0 Å². The van der Waals surface area contributed by atoms with Gasteiger partial charge in [-0.15, -0.1) is 0 Å². The lowest BCUT2D eigenvalue weighted by molar-refractivity contribution is -0.163. The van der Waals surface area contributed by atoms with E-state index in [0.29, 0.717) is 5.75 Å². The number of carbonyl (C=O) groups excluding carboxylic acids is 1. The lowest BCUT2D eigenvalue weighted by Gasteiger charge is -2.21. The van der Waals surface area contributed by atoms with Gasteiger partial charge < -0.3 is 14.6 Å². The Hall–Kier alpha value is -1.55. The maximum absolute atomic E-state index is 11.3. The third kappa shape index (κ3) is 3.46. The van der Waals surface area contributed by atoms with E-state index in [1.54, 1.807) is 0 Å². The summed E-state index contributed by atoms with van der Waals surface area (Å²) in [7, 11) is 1.23. The third-order valence-corrected chi connectivity index (χ3v) is 2.48. The molecular formula is C13H18O4. The number of ether oxygens (including phenoxy) is 2. The van der Waals surface area contributed by atoms with Crippen LogP contribution in [0.1, 0.15) is 18.1 Å². The third-order valence-electron chi connectivity index (χ3n) is 2.48. The predicted molar refractivity (Wildman–Crippen MR) is 64.1 cm³/mol.